The first-order valence-electron chi connectivity index (χ1n) is 4.55. The van der Waals surface area contributed by atoms with E-state index in [1.807, 2.05) is 13.8 Å². The van der Waals surface area contributed by atoms with Crippen LogP contribution in [-0.2, 0) is 4.52 Å². The van der Waals surface area contributed by atoms with E-state index in [0.717, 1.165) is 19.3 Å². The molecule has 0 unspecified atom stereocenters. The Morgan fingerprint density at radius 3 is 2.17 bits per heavy atom. The Balaban J connectivity index is 3.82. The second-order valence-electron chi connectivity index (χ2n) is 3.47. The molecule has 0 aliphatic heterocycles. The Morgan fingerprint density at radius 1 is 1.17 bits per heavy atom. The third-order valence-corrected chi connectivity index (χ3v) is 3.99. The molecular weight excluding hydrogens is 175 g/mol. The molecule has 0 aromatic rings. The zero-order valence-electron chi connectivity index (χ0n) is 8.29. The van der Waals surface area contributed by atoms with Crippen LogP contribution >= 0.6 is 7.28 Å². The molecule has 2 N–H and O–H groups in total. The molecule has 0 spiro atoms. The van der Waals surface area contributed by atoms with Gasteiger partial charge in [-0.3, -0.25) is 0 Å². The molecule has 0 rings (SSSR count). The molecule has 0 radical (unpaired) electrons. The predicted octanol–water partition coefficient (Wildman–Crippen LogP) is 2.13. The number of rotatable bonds is 6. The van der Waals surface area contributed by atoms with Gasteiger partial charge < -0.3 is 0 Å². The van der Waals surface area contributed by atoms with E-state index in [9.17, 15) is 9.79 Å². The van der Waals surface area contributed by atoms with Gasteiger partial charge in [-0.2, -0.15) is 0 Å². The van der Waals surface area contributed by atoms with Crippen LogP contribution in [0.2, 0.25) is 0 Å². The van der Waals surface area contributed by atoms with Crippen molar-refractivity contribution in [3.8, 4) is 0 Å². The molecule has 0 aliphatic rings. The Morgan fingerprint density at radius 2 is 1.75 bits per heavy atom. The second kappa shape index (κ2) is 4.52. The predicted molar refractivity (Wildman–Crippen MR) is 53.3 cm³/mol. The van der Waals surface area contributed by atoms with E-state index in [4.69, 9.17) is 4.52 Å². The maximum atomic E-state index is 9.67. The first-order chi connectivity index (χ1) is 5.39. The van der Waals surface area contributed by atoms with Gasteiger partial charge in [0.05, 0.1) is 0 Å². The average Bonchev–Trinajstić information content (AvgIpc) is 1.86. The van der Waals surface area contributed by atoms with Gasteiger partial charge in [-0.05, 0) is 0 Å². The van der Waals surface area contributed by atoms with Crippen molar-refractivity contribution in [2.75, 3.05) is 19.4 Å². The van der Waals surface area contributed by atoms with Gasteiger partial charge in [0.1, 0.15) is 0 Å². The maximum absolute atomic E-state index is 9.67. The van der Waals surface area contributed by atoms with E-state index >= 15 is 0 Å². The van der Waals surface area contributed by atoms with E-state index in [2.05, 4.69) is 0 Å². The van der Waals surface area contributed by atoms with Gasteiger partial charge >= 0.3 is 74.1 Å². The first-order valence-corrected chi connectivity index (χ1v) is 7.24. The monoisotopic (exact) mass is 196 g/mol. The molecule has 4 heteroatoms. The van der Waals surface area contributed by atoms with Crippen molar-refractivity contribution in [1.82, 2.24) is 0 Å². The fourth-order valence-electron chi connectivity index (χ4n) is 1.03. The Bertz CT molecular complexity index is 128. The molecule has 0 atom stereocenters. The molecule has 0 saturated carbocycles. The van der Waals surface area contributed by atoms with Crippen molar-refractivity contribution in [3.63, 3.8) is 0 Å². The summed E-state index contributed by atoms with van der Waals surface area (Å²) in [5, 5.41) is 0. The quantitative estimate of drug-likeness (QED) is 0.505. The molecule has 0 fully saturated rings. The van der Waals surface area contributed by atoms with E-state index in [-0.39, 0.29) is 0 Å². The van der Waals surface area contributed by atoms with Crippen LogP contribution < -0.4 is 0 Å². The van der Waals surface area contributed by atoms with Crippen LogP contribution in [0.5, 0.6) is 0 Å². The van der Waals surface area contributed by atoms with E-state index in [1.54, 1.807) is 0 Å². The molecule has 0 aromatic heterocycles. The SMILES string of the molecule is CCCCOP(C)(O)(O)CCC. The topological polar surface area (TPSA) is 49.7 Å². The Labute approximate surface area is 74.9 Å². The van der Waals surface area contributed by atoms with Crippen molar-refractivity contribution in [1.29, 1.82) is 0 Å². The summed E-state index contributed by atoms with van der Waals surface area (Å²) in [6.45, 7) is 5.85. The fourth-order valence-corrected chi connectivity index (χ4v) is 2.79. The third kappa shape index (κ3) is 5.90. The minimum atomic E-state index is -3.70. The van der Waals surface area contributed by atoms with Crippen LogP contribution in [0.15, 0.2) is 0 Å². The Kier molecular flexibility index (Phi) is 4.64. The number of unbranched alkanes of at least 4 members (excludes halogenated alkanes) is 1. The second-order valence-corrected chi connectivity index (χ2v) is 7.31. The molecule has 0 aliphatic carbocycles. The molecule has 0 heterocycles. The van der Waals surface area contributed by atoms with Crippen molar-refractivity contribution >= 4 is 7.28 Å². The minimum absolute atomic E-state index is 0.370. The van der Waals surface area contributed by atoms with Crippen LogP contribution in [0.4, 0.5) is 0 Å². The van der Waals surface area contributed by atoms with E-state index < -0.39 is 7.28 Å². The van der Waals surface area contributed by atoms with Crippen LogP contribution in [0.25, 0.3) is 0 Å². The van der Waals surface area contributed by atoms with Crippen LogP contribution in [0, 0.1) is 0 Å². The first kappa shape index (κ1) is 12.3. The summed E-state index contributed by atoms with van der Waals surface area (Å²) in [4.78, 5) is 19.3. The zero-order valence-corrected chi connectivity index (χ0v) is 9.18. The third-order valence-electron chi connectivity index (χ3n) is 1.66. The molecule has 12 heavy (non-hydrogen) atoms. The fraction of sp³-hybridized carbons (Fsp3) is 1.00. The van der Waals surface area contributed by atoms with Gasteiger partial charge in [0, 0.05) is 0 Å². The summed E-state index contributed by atoms with van der Waals surface area (Å²) in [6.07, 6.45) is 3.01. The molecule has 76 valence electrons. The van der Waals surface area contributed by atoms with Crippen molar-refractivity contribution in [2.45, 2.75) is 33.1 Å². The van der Waals surface area contributed by atoms with E-state index in [1.165, 1.54) is 6.66 Å². The summed E-state index contributed by atoms with van der Waals surface area (Å²) < 4.78 is 5.14. The van der Waals surface area contributed by atoms with Crippen molar-refractivity contribution in [2.24, 2.45) is 0 Å². The van der Waals surface area contributed by atoms with Gasteiger partial charge in [0.2, 0.25) is 0 Å². The normalized spacial score (nSPS) is 15.6. The molecule has 0 aromatic carbocycles. The molecule has 0 saturated heterocycles. The summed E-state index contributed by atoms with van der Waals surface area (Å²) >= 11 is 0. The van der Waals surface area contributed by atoms with Crippen LogP contribution in [0.1, 0.15) is 33.1 Å². The average molecular weight is 196 g/mol. The molecule has 3 nitrogen and oxygen atoms in total. The van der Waals surface area contributed by atoms with Gasteiger partial charge in [0.15, 0.2) is 0 Å². The standard InChI is InChI=1S/C8H21O3P/c1-4-6-7-11-12(3,9,10)8-5-2/h9-10H,4-8H2,1-3H3. The summed E-state index contributed by atoms with van der Waals surface area (Å²) in [7, 11) is -3.70. The Hall–Kier alpha value is 0.310. The van der Waals surface area contributed by atoms with Crippen molar-refractivity contribution < 1.29 is 14.3 Å². The molecular formula is C8H21O3P. The van der Waals surface area contributed by atoms with E-state index in [0.29, 0.717) is 12.8 Å². The zero-order chi connectivity index (χ0) is 9.69. The summed E-state index contributed by atoms with van der Waals surface area (Å²) in [6, 6.07) is 0. The van der Waals surface area contributed by atoms with Gasteiger partial charge in [-0.1, -0.05) is 0 Å². The van der Waals surface area contributed by atoms with Gasteiger partial charge in [0.25, 0.3) is 0 Å². The van der Waals surface area contributed by atoms with Crippen LogP contribution in [-0.4, -0.2) is 29.2 Å². The molecule has 0 amide bonds. The summed E-state index contributed by atoms with van der Waals surface area (Å²) in [5.74, 6) is 0. The number of hydrogen-bond acceptors (Lipinski definition) is 3. The number of hydrogen-bond donors (Lipinski definition) is 2. The molecule has 0 bridgehead atoms. The van der Waals surface area contributed by atoms with Gasteiger partial charge in [-0.25, -0.2) is 0 Å². The van der Waals surface area contributed by atoms with Crippen molar-refractivity contribution in [3.05, 3.63) is 0 Å². The van der Waals surface area contributed by atoms with Gasteiger partial charge in [-0.15, -0.1) is 0 Å². The summed E-state index contributed by atoms with van der Waals surface area (Å²) in [5.41, 5.74) is 0. The van der Waals surface area contributed by atoms with Crippen LogP contribution in [0.3, 0.4) is 0 Å².